The number of nitrogens with one attached hydrogen (secondary N) is 1. The molecule has 0 unspecified atom stereocenters. The molecule has 0 aliphatic carbocycles. The van der Waals surface area contributed by atoms with Crippen LogP contribution in [0.25, 0.3) is 0 Å². The Labute approximate surface area is 115 Å². The molecule has 1 aliphatic rings. The molecule has 3 nitrogen and oxygen atoms in total. The maximum atomic E-state index is 12.2. The third-order valence-corrected chi connectivity index (χ3v) is 3.43. The summed E-state index contributed by atoms with van der Waals surface area (Å²) < 4.78 is 5.52. The fraction of sp³-hybridized carbons (Fsp3) is 0.562. The summed E-state index contributed by atoms with van der Waals surface area (Å²) in [5.74, 6) is 0.0421. The average Bonchev–Trinajstić information content (AvgIpc) is 2.76. The van der Waals surface area contributed by atoms with E-state index in [1.807, 2.05) is 20.8 Å². The van der Waals surface area contributed by atoms with E-state index in [0.717, 1.165) is 6.54 Å². The lowest BCUT2D eigenvalue weighted by Crippen LogP contribution is -2.31. The fourth-order valence-corrected chi connectivity index (χ4v) is 2.47. The highest BCUT2D eigenvalue weighted by molar-refractivity contribution is 5.75. The van der Waals surface area contributed by atoms with Gasteiger partial charge in [0.05, 0.1) is 5.92 Å². The topological polar surface area (TPSA) is 38.3 Å². The molecule has 104 valence electrons. The average molecular weight is 261 g/mol. The van der Waals surface area contributed by atoms with E-state index in [1.54, 1.807) is 0 Å². The number of hydrogen-bond acceptors (Lipinski definition) is 3. The van der Waals surface area contributed by atoms with Crippen molar-refractivity contribution in [1.29, 1.82) is 0 Å². The summed E-state index contributed by atoms with van der Waals surface area (Å²) in [5, 5.41) is 3.30. The molecule has 0 radical (unpaired) electrons. The van der Waals surface area contributed by atoms with E-state index in [-0.39, 0.29) is 17.8 Å². The van der Waals surface area contributed by atoms with Crippen molar-refractivity contribution in [2.45, 2.75) is 39.2 Å². The van der Waals surface area contributed by atoms with E-state index in [2.05, 4.69) is 36.5 Å². The van der Waals surface area contributed by atoms with E-state index in [9.17, 15) is 4.79 Å². The quantitative estimate of drug-likeness (QED) is 0.832. The molecule has 1 heterocycles. The molecular weight excluding hydrogens is 238 g/mol. The van der Waals surface area contributed by atoms with Crippen LogP contribution in [-0.2, 0) is 9.53 Å². The van der Waals surface area contributed by atoms with Crippen LogP contribution in [0.1, 0.15) is 37.8 Å². The van der Waals surface area contributed by atoms with Crippen LogP contribution in [0.15, 0.2) is 24.3 Å². The summed E-state index contributed by atoms with van der Waals surface area (Å²) in [5.41, 5.74) is 2.03. The van der Waals surface area contributed by atoms with Gasteiger partial charge in [0.25, 0.3) is 0 Å². The molecule has 0 bridgehead atoms. The Kier molecular flexibility index (Phi) is 3.95. The van der Waals surface area contributed by atoms with E-state index >= 15 is 0 Å². The minimum atomic E-state index is -0.419. The van der Waals surface area contributed by atoms with Gasteiger partial charge in [0, 0.05) is 19.0 Å². The fourth-order valence-electron chi connectivity index (χ4n) is 2.47. The van der Waals surface area contributed by atoms with Gasteiger partial charge in [-0.3, -0.25) is 4.79 Å². The normalized spacial score (nSPS) is 23.4. The Morgan fingerprint density at radius 2 is 1.84 bits per heavy atom. The number of hydrogen-bond donors (Lipinski definition) is 1. The largest absolute Gasteiger partial charge is 0.460 e. The van der Waals surface area contributed by atoms with E-state index < -0.39 is 5.60 Å². The first-order chi connectivity index (χ1) is 8.87. The second-order valence-electron chi connectivity index (χ2n) is 6.32. The van der Waals surface area contributed by atoms with Crippen LogP contribution in [0.3, 0.4) is 0 Å². The molecule has 0 aromatic heterocycles. The number of esters is 1. The molecule has 0 amide bonds. The molecule has 2 atom stereocenters. The van der Waals surface area contributed by atoms with Gasteiger partial charge in [-0.05, 0) is 33.3 Å². The highest BCUT2D eigenvalue weighted by Gasteiger charge is 2.36. The van der Waals surface area contributed by atoms with Gasteiger partial charge in [0.1, 0.15) is 5.60 Å². The molecule has 1 saturated heterocycles. The summed E-state index contributed by atoms with van der Waals surface area (Å²) >= 11 is 0. The highest BCUT2D eigenvalue weighted by Crippen LogP contribution is 2.30. The zero-order valence-electron chi connectivity index (χ0n) is 12.2. The second kappa shape index (κ2) is 5.33. The Morgan fingerprint density at radius 3 is 2.42 bits per heavy atom. The number of benzene rings is 1. The SMILES string of the molecule is Cc1ccc([C@@H]2CNC[C@H]2C(=O)OC(C)(C)C)cc1. The molecule has 1 aromatic rings. The van der Waals surface area contributed by atoms with Gasteiger partial charge in [-0.2, -0.15) is 0 Å². The van der Waals surface area contributed by atoms with Crippen molar-refractivity contribution in [2.24, 2.45) is 5.92 Å². The maximum absolute atomic E-state index is 12.2. The van der Waals surface area contributed by atoms with Gasteiger partial charge >= 0.3 is 5.97 Å². The lowest BCUT2D eigenvalue weighted by molar-refractivity contribution is -0.159. The van der Waals surface area contributed by atoms with Crippen molar-refractivity contribution in [3.8, 4) is 0 Å². The molecule has 1 aromatic carbocycles. The summed E-state index contributed by atoms with van der Waals surface area (Å²) in [6, 6.07) is 8.42. The predicted molar refractivity (Wildman–Crippen MR) is 76.1 cm³/mol. The summed E-state index contributed by atoms with van der Waals surface area (Å²) in [4.78, 5) is 12.2. The molecular formula is C16H23NO2. The molecule has 0 spiro atoms. The molecule has 1 aliphatic heterocycles. The van der Waals surface area contributed by atoms with Crippen molar-refractivity contribution in [2.75, 3.05) is 13.1 Å². The Bertz CT molecular complexity index is 445. The van der Waals surface area contributed by atoms with Gasteiger partial charge in [0.15, 0.2) is 0 Å². The number of rotatable bonds is 2. The van der Waals surface area contributed by atoms with Crippen LogP contribution in [0.5, 0.6) is 0 Å². The lowest BCUT2D eigenvalue weighted by Gasteiger charge is -2.24. The van der Waals surface area contributed by atoms with Crippen molar-refractivity contribution >= 4 is 5.97 Å². The highest BCUT2D eigenvalue weighted by atomic mass is 16.6. The Hall–Kier alpha value is -1.35. The van der Waals surface area contributed by atoms with Crippen molar-refractivity contribution < 1.29 is 9.53 Å². The van der Waals surface area contributed by atoms with E-state index in [0.29, 0.717) is 6.54 Å². The van der Waals surface area contributed by atoms with Crippen LogP contribution in [-0.4, -0.2) is 24.7 Å². The van der Waals surface area contributed by atoms with Crippen LogP contribution >= 0.6 is 0 Å². The molecule has 1 fully saturated rings. The first kappa shape index (κ1) is 14.1. The van der Waals surface area contributed by atoms with Gasteiger partial charge in [-0.15, -0.1) is 0 Å². The number of aryl methyl sites for hydroxylation is 1. The summed E-state index contributed by atoms with van der Waals surface area (Å²) in [6.07, 6.45) is 0. The molecule has 1 N–H and O–H groups in total. The molecule has 2 rings (SSSR count). The zero-order chi connectivity index (χ0) is 14.0. The smallest absolute Gasteiger partial charge is 0.311 e. The molecule has 0 saturated carbocycles. The second-order valence-corrected chi connectivity index (χ2v) is 6.32. The number of carbonyl (C=O) groups excluding carboxylic acids is 1. The van der Waals surface area contributed by atoms with E-state index in [4.69, 9.17) is 4.74 Å². The Morgan fingerprint density at radius 1 is 1.21 bits per heavy atom. The van der Waals surface area contributed by atoms with Crippen LogP contribution in [0.4, 0.5) is 0 Å². The third kappa shape index (κ3) is 3.57. The van der Waals surface area contributed by atoms with E-state index in [1.165, 1.54) is 11.1 Å². The molecule has 19 heavy (non-hydrogen) atoms. The van der Waals surface area contributed by atoms with Gasteiger partial charge in [0.2, 0.25) is 0 Å². The minimum absolute atomic E-state index is 0.0815. The van der Waals surface area contributed by atoms with Crippen molar-refractivity contribution in [3.63, 3.8) is 0 Å². The molecule has 3 heteroatoms. The zero-order valence-corrected chi connectivity index (χ0v) is 12.2. The number of carbonyl (C=O) groups is 1. The van der Waals surface area contributed by atoms with Crippen LogP contribution < -0.4 is 5.32 Å². The maximum Gasteiger partial charge on any atom is 0.311 e. The van der Waals surface area contributed by atoms with Crippen LogP contribution in [0, 0.1) is 12.8 Å². The lowest BCUT2D eigenvalue weighted by atomic mass is 9.88. The standard InChI is InChI=1S/C16H23NO2/c1-11-5-7-12(8-6-11)13-9-17-10-14(13)15(18)19-16(2,3)4/h5-8,13-14,17H,9-10H2,1-4H3/t13-,14+/m0/s1. The first-order valence-electron chi connectivity index (χ1n) is 6.87. The summed E-state index contributed by atoms with van der Waals surface area (Å²) in [7, 11) is 0. The van der Waals surface area contributed by atoms with Crippen molar-refractivity contribution in [1.82, 2.24) is 5.32 Å². The minimum Gasteiger partial charge on any atom is -0.460 e. The first-order valence-corrected chi connectivity index (χ1v) is 6.87. The predicted octanol–water partition coefficient (Wildman–Crippen LogP) is 2.64. The van der Waals surface area contributed by atoms with Gasteiger partial charge in [-0.1, -0.05) is 29.8 Å². The Balaban J connectivity index is 2.12. The van der Waals surface area contributed by atoms with Gasteiger partial charge in [-0.25, -0.2) is 0 Å². The van der Waals surface area contributed by atoms with Crippen molar-refractivity contribution in [3.05, 3.63) is 35.4 Å². The summed E-state index contributed by atoms with van der Waals surface area (Å²) in [6.45, 7) is 9.35. The number of ether oxygens (including phenoxy) is 1. The van der Waals surface area contributed by atoms with Gasteiger partial charge < -0.3 is 10.1 Å². The monoisotopic (exact) mass is 261 g/mol. The van der Waals surface area contributed by atoms with Crippen LogP contribution in [0.2, 0.25) is 0 Å². The third-order valence-electron chi connectivity index (χ3n) is 3.43.